The van der Waals surface area contributed by atoms with Crippen LogP contribution in [0.25, 0.3) is 16.9 Å². The van der Waals surface area contributed by atoms with E-state index in [1.807, 2.05) is 53.3 Å². The van der Waals surface area contributed by atoms with Gasteiger partial charge in [-0.15, -0.1) is 0 Å². The van der Waals surface area contributed by atoms with Crippen molar-refractivity contribution in [3.63, 3.8) is 0 Å². The summed E-state index contributed by atoms with van der Waals surface area (Å²) in [6, 6.07) is 22.6. The van der Waals surface area contributed by atoms with Crippen LogP contribution in [-0.4, -0.2) is 27.9 Å². The molecule has 1 N–H and O–H groups in total. The molecule has 4 rings (SSSR count). The molecule has 1 atom stereocenters. The molecule has 0 spiro atoms. The summed E-state index contributed by atoms with van der Waals surface area (Å²) >= 11 is 0. The highest BCUT2D eigenvalue weighted by atomic mass is 16.5. The van der Waals surface area contributed by atoms with Gasteiger partial charge in [0.25, 0.3) is 0 Å². The summed E-state index contributed by atoms with van der Waals surface area (Å²) in [7, 11) is 1.68. The first kappa shape index (κ1) is 19.9. The lowest BCUT2D eigenvalue weighted by Crippen LogP contribution is -2.27. The fourth-order valence-electron chi connectivity index (χ4n) is 3.49. The van der Waals surface area contributed by atoms with Crippen LogP contribution < -0.4 is 10.1 Å². The van der Waals surface area contributed by atoms with E-state index in [9.17, 15) is 0 Å². The number of aromatic nitrogens is 3. The lowest BCUT2D eigenvalue weighted by molar-refractivity contribution is 0.415. The standard InChI is InChI=1S/C25H26N4O/c1-19(14-20-8-7-13-26-16-20)27-17-22-18-29(23-10-4-3-5-11-23)28-25(22)21-9-6-12-24(15-21)30-2/h3-13,15-16,18-19,27H,14,17H2,1-2H3. The third-order valence-corrected chi connectivity index (χ3v) is 5.06. The smallest absolute Gasteiger partial charge is 0.119 e. The lowest BCUT2D eigenvalue weighted by atomic mass is 10.1. The molecule has 0 amide bonds. The lowest BCUT2D eigenvalue weighted by Gasteiger charge is -2.14. The molecule has 1 unspecified atom stereocenters. The first-order valence-electron chi connectivity index (χ1n) is 10.1. The van der Waals surface area contributed by atoms with Crippen molar-refractivity contribution in [2.45, 2.75) is 25.9 Å². The highest BCUT2D eigenvalue weighted by Gasteiger charge is 2.14. The summed E-state index contributed by atoms with van der Waals surface area (Å²) < 4.78 is 7.36. The summed E-state index contributed by atoms with van der Waals surface area (Å²) in [6.45, 7) is 2.92. The third-order valence-electron chi connectivity index (χ3n) is 5.06. The predicted octanol–water partition coefficient (Wildman–Crippen LogP) is 4.66. The number of nitrogens with one attached hydrogen (secondary N) is 1. The number of rotatable bonds is 8. The van der Waals surface area contributed by atoms with Crippen LogP contribution >= 0.6 is 0 Å². The summed E-state index contributed by atoms with van der Waals surface area (Å²) in [6.07, 6.45) is 6.76. The second-order valence-corrected chi connectivity index (χ2v) is 7.36. The Morgan fingerprint density at radius 3 is 2.67 bits per heavy atom. The molecular formula is C25H26N4O. The van der Waals surface area contributed by atoms with E-state index in [0.717, 1.165) is 41.2 Å². The zero-order valence-corrected chi connectivity index (χ0v) is 17.3. The van der Waals surface area contributed by atoms with Gasteiger partial charge in [0.05, 0.1) is 18.5 Å². The molecule has 30 heavy (non-hydrogen) atoms. The van der Waals surface area contributed by atoms with Crippen molar-refractivity contribution in [1.29, 1.82) is 0 Å². The highest BCUT2D eigenvalue weighted by Crippen LogP contribution is 2.27. The molecule has 2 heterocycles. The summed E-state index contributed by atoms with van der Waals surface area (Å²) in [4.78, 5) is 4.21. The van der Waals surface area contributed by atoms with Gasteiger partial charge in [0.1, 0.15) is 5.75 Å². The van der Waals surface area contributed by atoms with E-state index in [4.69, 9.17) is 9.84 Å². The first-order chi connectivity index (χ1) is 14.7. The zero-order valence-electron chi connectivity index (χ0n) is 17.3. The average Bonchev–Trinajstić information content (AvgIpc) is 3.23. The number of hydrogen-bond acceptors (Lipinski definition) is 4. The topological polar surface area (TPSA) is 52.0 Å². The average molecular weight is 399 g/mol. The molecule has 0 saturated carbocycles. The van der Waals surface area contributed by atoms with Gasteiger partial charge in [-0.25, -0.2) is 4.68 Å². The summed E-state index contributed by atoms with van der Waals surface area (Å²) in [5, 5.41) is 8.54. The van der Waals surface area contributed by atoms with E-state index in [2.05, 4.69) is 47.7 Å². The quantitative estimate of drug-likeness (QED) is 0.469. The molecule has 152 valence electrons. The molecule has 5 nitrogen and oxygen atoms in total. The van der Waals surface area contributed by atoms with E-state index in [-0.39, 0.29) is 0 Å². The molecule has 0 radical (unpaired) electrons. The SMILES string of the molecule is COc1cccc(-c2nn(-c3ccccc3)cc2CNC(C)Cc2cccnc2)c1. The Labute approximate surface area is 177 Å². The van der Waals surface area contributed by atoms with Crippen LogP contribution in [0.5, 0.6) is 5.75 Å². The van der Waals surface area contributed by atoms with Gasteiger partial charge in [0.15, 0.2) is 0 Å². The van der Waals surface area contributed by atoms with Crippen LogP contribution in [0.1, 0.15) is 18.1 Å². The van der Waals surface area contributed by atoms with Crippen molar-refractivity contribution in [2.75, 3.05) is 7.11 Å². The second-order valence-electron chi connectivity index (χ2n) is 7.36. The number of hydrogen-bond donors (Lipinski definition) is 1. The minimum Gasteiger partial charge on any atom is -0.497 e. The van der Waals surface area contributed by atoms with Gasteiger partial charge in [-0.2, -0.15) is 5.10 Å². The Kier molecular flexibility index (Phi) is 6.20. The van der Waals surface area contributed by atoms with Gasteiger partial charge in [-0.3, -0.25) is 4.98 Å². The maximum atomic E-state index is 5.42. The first-order valence-corrected chi connectivity index (χ1v) is 10.1. The minimum absolute atomic E-state index is 0.312. The normalized spacial score (nSPS) is 11.9. The van der Waals surface area contributed by atoms with Gasteiger partial charge >= 0.3 is 0 Å². The molecule has 4 aromatic rings. The summed E-state index contributed by atoms with van der Waals surface area (Å²) in [5.74, 6) is 0.825. The Morgan fingerprint density at radius 2 is 1.90 bits per heavy atom. The van der Waals surface area contributed by atoms with Gasteiger partial charge in [-0.05, 0) is 49.2 Å². The van der Waals surface area contributed by atoms with Gasteiger partial charge in [0.2, 0.25) is 0 Å². The molecule has 2 aromatic heterocycles. The Balaban J connectivity index is 1.59. The second kappa shape index (κ2) is 9.37. The fourth-order valence-corrected chi connectivity index (χ4v) is 3.49. The maximum Gasteiger partial charge on any atom is 0.119 e. The van der Waals surface area contributed by atoms with Crippen LogP contribution in [0.2, 0.25) is 0 Å². The molecule has 5 heteroatoms. The van der Waals surface area contributed by atoms with Gasteiger partial charge < -0.3 is 10.1 Å². The summed E-state index contributed by atoms with van der Waals surface area (Å²) in [5.41, 5.74) is 5.41. The van der Waals surface area contributed by atoms with Crippen LogP contribution in [-0.2, 0) is 13.0 Å². The van der Waals surface area contributed by atoms with E-state index in [1.165, 1.54) is 5.56 Å². The number of para-hydroxylation sites is 1. The van der Waals surface area contributed by atoms with Crippen LogP contribution in [0.15, 0.2) is 85.3 Å². The van der Waals surface area contributed by atoms with Crippen molar-refractivity contribution < 1.29 is 4.74 Å². The van der Waals surface area contributed by atoms with Crippen molar-refractivity contribution in [3.8, 4) is 22.7 Å². The molecule has 0 fully saturated rings. The number of benzene rings is 2. The third kappa shape index (κ3) is 4.75. The molecule has 0 saturated heterocycles. The van der Waals surface area contributed by atoms with Crippen molar-refractivity contribution in [1.82, 2.24) is 20.1 Å². The molecular weight excluding hydrogens is 372 g/mol. The minimum atomic E-state index is 0.312. The van der Waals surface area contributed by atoms with E-state index >= 15 is 0 Å². The largest absolute Gasteiger partial charge is 0.497 e. The molecule has 2 aromatic carbocycles. The molecule has 0 bridgehead atoms. The van der Waals surface area contributed by atoms with Crippen LogP contribution in [0.4, 0.5) is 0 Å². The van der Waals surface area contributed by atoms with Crippen LogP contribution in [0, 0.1) is 0 Å². The van der Waals surface area contributed by atoms with E-state index < -0.39 is 0 Å². The number of ether oxygens (including phenoxy) is 1. The number of pyridine rings is 1. The zero-order chi connectivity index (χ0) is 20.8. The van der Waals surface area contributed by atoms with E-state index in [0.29, 0.717) is 6.04 Å². The molecule has 0 aliphatic carbocycles. The number of nitrogens with zero attached hydrogens (tertiary/aromatic N) is 3. The Morgan fingerprint density at radius 1 is 1.03 bits per heavy atom. The molecule has 0 aliphatic rings. The predicted molar refractivity (Wildman–Crippen MR) is 120 cm³/mol. The Hall–Kier alpha value is -3.44. The highest BCUT2D eigenvalue weighted by molar-refractivity contribution is 5.65. The van der Waals surface area contributed by atoms with Crippen molar-refractivity contribution >= 4 is 0 Å². The molecule has 0 aliphatic heterocycles. The van der Waals surface area contributed by atoms with Crippen LogP contribution in [0.3, 0.4) is 0 Å². The van der Waals surface area contributed by atoms with Gasteiger partial charge in [0, 0.05) is 42.3 Å². The monoisotopic (exact) mass is 398 g/mol. The Bertz CT molecular complexity index is 1080. The van der Waals surface area contributed by atoms with Crippen molar-refractivity contribution in [3.05, 3.63) is 96.4 Å². The number of methoxy groups -OCH3 is 1. The van der Waals surface area contributed by atoms with Gasteiger partial charge in [-0.1, -0.05) is 36.4 Å². The maximum absolute atomic E-state index is 5.42. The van der Waals surface area contributed by atoms with E-state index in [1.54, 1.807) is 13.3 Å². The van der Waals surface area contributed by atoms with Crippen molar-refractivity contribution in [2.24, 2.45) is 0 Å². The fraction of sp³-hybridized carbons (Fsp3) is 0.200.